The summed E-state index contributed by atoms with van der Waals surface area (Å²) in [6.45, 7) is 15.6. The van der Waals surface area contributed by atoms with Gasteiger partial charge in [-0.2, -0.15) is 0 Å². The molecule has 1 N–H and O–H groups in total. The highest BCUT2D eigenvalue weighted by atomic mass is 16.5. The van der Waals surface area contributed by atoms with E-state index in [2.05, 4.69) is 60.6 Å². The lowest BCUT2D eigenvalue weighted by Crippen LogP contribution is -2.07. The average Bonchev–Trinajstić information content (AvgIpc) is 2.60. The summed E-state index contributed by atoms with van der Waals surface area (Å²) in [5, 5.41) is 10.0. The van der Waals surface area contributed by atoms with Crippen molar-refractivity contribution in [2.24, 2.45) is 0 Å². The number of rotatable bonds is 6. The highest BCUT2D eigenvalue weighted by molar-refractivity contribution is 5.80. The van der Waals surface area contributed by atoms with Crippen molar-refractivity contribution in [3.8, 4) is 16.9 Å². The molecule has 0 bridgehead atoms. The molecule has 2 rings (SSSR count). The van der Waals surface area contributed by atoms with Gasteiger partial charge < -0.3 is 9.84 Å². The maximum absolute atomic E-state index is 10.0. The van der Waals surface area contributed by atoms with E-state index < -0.39 is 0 Å². The number of hydrogen-bond acceptors (Lipinski definition) is 2. The second kappa shape index (κ2) is 8.26. The van der Waals surface area contributed by atoms with E-state index in [1.807, 2.05) is 12.1 Å². The van der Waals surface area contributed by atoms with Crippen LogP contribution in [-0.4, -0.2) is 12.2 Å². The fraction of sp³-hybridized carbons (Fsp3) is 0.500. The minimum atomic E-state index is 0.0289. The zero-order valence-corrected chi connectivity index (χ0v) is 17.6. The van der Waals surface area contributed by atoms with Crippen LogP contribution in [0.1, 0.15) is 87.1 Å². The van der Waals surface area contributed by atoms with Gasteiger partial charge in [-0.25, -0.2) is 0 Å². The van der Waals surface area contributed by atoms with Crippen LogP contribution in [0.15, 0.2) is 24.3 Å². The third kappa shape index (κ3) is 3.81. The van der Waals surface area contributed by atoms with E-state index in [4.69, 9.17) is 4.74 Å². The van der Waals surface area contributed by atoms with Crippen LogP contribution in [0, 0.1) is 6.92 Å². The first kappa shape index (κ1) is 20.5. The first-order valence-corrected chi connectivity index (χ1v) is 9.68. The zero-order valence-electron chi connectivity index (χ0n) is 17.6. The van der Waals surface area contributed by atoms with Gasteiger partial charge in [-0.15, -0.1) is 0 Å². The van der Waals surface area contributed by atoms with Gasteiger partial charge in [-0.05, 0) is 69.7 Å². The van der Waals surface area contributed by atoms with Crippen molar-refractivity contribution < 1.29 is 9.84 Å². The molecular weight excluding hydrogens is 320 g/mol. The van der Waals surface area contributed by atoms with Crippen LogP contribution >= 0.6 is 0 Å². The largest absolute Gasteiger partial charge is 0.496 e. The molecule has 0 aliphatic rings. The Labute approximate surface area is 159 Å². The number of methoxy groups -OCH3 is 1. The molecule has 0 saturated heterocycles. The number of ether oxygens (including phenoxy) is 1. The summed E-state index contributed by atoms with van der Waals surface area (Å²) in [6, 6.07) is 8.66. The Bertz CT molecular complexity index is 741. The van der Waals surface area contributed by atoms with Crippen molar-refractivity contribution in [1.29, 1.82) is 0 Å². The number of benzene rings is 2. The summed E-state index contributed by atoms with van der Waals surface area (Å²) in [6.07, 6.45) is 0. The zero-order chi connectivity index (χ0) is 19.6. The van der Waals surface area contributed by atoms with E-state index in [9.17, 15) is 5.11 Å². The van der Waals surface area contributed by atoms with Gasteiger partial charge in [0.1, 0.15) is 5.75 Å². The molecule has 0 fully saturated rings. The molecule has 142 valence electrons. The van der Waals surface area contributed by atoms with E-state index in [0.29, 0.717) is 17.8 Å². The second-order valence-electron chi connectivity index (χ2n) is 8.12. The minimum absolute atomic E-state index is 0.0289. The third-order valence-electron chi connectivity index (χ3n) is 5.27. The Morgan fingerprint density at radius 3 is 1.77 bits per heavy atom. The smallest absolute Gasteiger partial charge is 0.122 e. The van der Waals surface area contributed by atoms with Crippen LogP contribution in [0.3, 0.4) is 0 Å². The molecule has 0 heterocycles. The van der Waals surface area contributed by atoms with E-state index in [1.165, 1.54) is 22.3 Å². The summed E-state index contributed by atoms with van der Waals surface area (Å²) in [5.41, 5.74) is 8.56. The van der Waals surface area contributed by atoms with Crippen molar-refractivity contribution >= 4 is 0 Å². The van der Waals surface area contributed by atoms with Gasteiger partial charge in [0.15, 0.2) is 0 Å². The lowest BCUT2D eigenvalue weighted by molar-refractivity contribution is 0.282. The monoisotopic (exact) mass is 354 g/mol. The molecule has 2 heteroatoms. The van der Waals surface area contributed by atoms with Crippen LogP contribution in [0.4, 0.5) is 0 Å². The Hall–Kier alpha value is -1.80. The quantitative estimate of drug-likeness (QED) is 0.639. The van der Waals surface area contributed by atoms with Gasteiger partial charge in [0.05, 0.1) is 13.7 Å². The molecule has 0 amide bonds. The van der Waals surface area contributed by atoms with Crippen LogP contribution in [0.2, 0.25) is 0 Å². The summed E-state index contributed by atoms with van der Waals surface area (Å²) in [7, 11) is 1.71. The number of hydrogen-bond donors (Lipinski definition) is 1. The summed E-state index contributed by atoms with van der Waals surface area (Å²) < 4.78 is 5.59. The Balaban J connectivity index is 2.97. The summed E-state index contributed by atoms with van der Waals surface area (Å²) >= 11 is 0. The molecule has 0 aliphatic heterocycles. The predicted molar refractivity (Wildman–Crippen MR) is 111 cm³/mol. The van der Waals surface area contributed by atoms with E-state index in [1.54, 1.807) is 7.11 Å². The van der Waals surface area contributed by atoms with Crippen LogP contribution in [0.25, 0.3) is 11.1 Å². The molecule has 0 unspecified atom stereocenters. The maximum Gasteiger partial charge on any atom is 0.122 e. The molecule has 0 saturated carbocycles. The van der Waals surface area contributed by atoms with Crippen molar-refractivity contribution in [3.63, 3.8) is 0 Å². The predicted octanol–water partition coefficient (Wildman–Crippen LogP) is 6.53. The molecule has 0 spiro atoms. The van der Waals surface area contributed by atoms with E-state index in [-0.39, 0.29) is 6.61 Å². The first-order chi connectivity index (χ1) is 12.2. The number of aliphatic hydroxyl groups excluding tert-OH is 1. The molecule has 0 aromatic heterocycles. The Morgan fingerprint density at radius 2 is 1.38 bits per heavy atom. The van der Waals surface area contributed by atoms with Crippen molar-refractivity contribution in [1.82, 2.24) is 0 Å². The van der Waals surface area contributed by atoms with Gasteiger partial charge in [-0.1, -0.05) is 59.7 Å². The van der Waals surface area contributed by atoms with Gasteiger partial charge in [-0.3, -0.25) is 0 Å². The standard InChI is InChI=1S/C24H34O2/c1-14(2)19-11-20(15(3)4)24(21(12-19)16(5)6)23-17(7)22(26-8)10-9-18(23)13-25/h9-12,14-16,25H,13H2,1-8H3. The molecule has 0 radical (unpaired) electrons. The molecule has 2 aromatic carbocycles. The normalized spacial score (nSPS) is 11.7. The molecule has 0 aliphatic carbocycles. The highest BCUT2D eigenvalue weighted by Gasteiger charge is 2.22. The van der Waals surface area contributed by atoms with Gasteiger partial charge in [0, 0.05) is 0 Å². The third-order valence-corrected chi connectivity index (χ3v) is 5.27. The van der Waals surface area contributed by atoms with Crippen molar-refractivity contribution in [2.75, 3.05) is 7.11 Å². The lowest BCUT2D eigenvalue weighted by atomic mass is 9.79. The molecular formula is C24H34O2. The molecule has 26 heavy (non-hydrogen) atoms. The summed E-state index contributed by atoms with van der Waals surface area (Å²) in [4.78, 5) is 0. The van der Waals surface area contributed by atoms with E-state index in [0.717, 1.165) is 22.4 Å². The van der Waals surface area contributed by atoms with E-state index >= 15 is 0 Å². The Kier molecular flexibility index (Phi) is 6.52. The number of aliphatic hydroxyl groups is 1. The molecule has 0 atom stereocenters. The topological polar surface area (TPSA) is 29.5 Å². The maximum atomic E-state index is 10.0. The van der Waals surface area contributed by atoms with Crippen LogP contribution < -0.4 is 4.74 Å². The fourth-order valence-electron chi connectivity index (χ4n) is 3.69. The SMILES string of the molecule is COc1ccc(CO)c(-c2c(C(C)C)cc(C(C)C)cc2C(C)C)c1C. The minimum Gasteiger partial charge on any atom is -0.496 e. The van der Waals surface area contributed by atoms with Crippen molar-refractivity contribution in [2.45, 2.75) is 72.8 Å². The van der Waals surface area contributed by atoms with Gasteiger partial charge in [0.25, 0.3) is 0 Å². The molecule has 2 aromatic rings. The first-order valence-electron chi connectivity index (χ1n) is 9.68. The van der Waals surface area contributed by atoms with Gasteiger partial charge >= 0.3 is 0 Å². The fourth-order valence-corrected chi connectivity index (χ4v) is 3.69. The second-order valence-corrected chi connectivity index (χ2v) is 8.12. The Morgan fingerprint density at radius 1 is 0.846 bits per heavy atom. The summed E-state index contributed by atoms with van der Waals surface area (Å²) in [5.74, 6) is 2.16. The average molecular weight is 355 g/mol. The molecule has 2 nitrogen and oxygen atoms in total. The lowest BCUT2D eigenvalue weighted by Gasteiger charge is -2.26. The van der Waals surface area contributed by atoms with Crippen LogP contribution in [0.5, 0.6) is 5.75 Å². The highest BCUT2D eigenvalue weighted by Crippen LogP contribution is 2.43. The van der Waals surface area contributed by atoms with Gasteiger partial charge in [0.2, 0.25) is 0 Å². The van der Waals surface area contributed by atoms with Crippen LogP contribution in [-0.2, 0) is 6.61 Å². The van der Waals surface area contributed by atoms with Crippen molar-refractivity contribution in [3.05, 3.63) is 52.1 Å².